The van der Waals surface area contributed by atoms with E-state index in [1.807, 2.05) is 0 Å². The van der Waals surface area contributed by atoms with Crippen LogP contribution in [0.25, 0.3) is 0 Å². The van der Waals surface area contributed by atoms with Gasteiger partial charge in [0.1, 0.15) is 0 Å². The maximum absolute atomic E-state index is 2.77. The number of hydrogen-bond acceptors (Lipinski definition) is 2. The fraction of sp³-hybridized carbons (Fsp3) is 0.684. The fourth-order valence-corrected chi connectivity index (χ4v) is 3.91. The quantitative estimate of drug-likeness (QED) is 0.827. The molecule has 2 heterocycles. The second kappa shape index (κ2) is 6.10. The third-order valence-corrected chi connectivity index (χ3v) is 5.57. The van der Waals surface area contributed by atoms with E-state index in [1.54, 1.807) is 0 Å². The SMILES string of the molecule is CCC(C)(C)CN1CC2CCCN2CC1c1ccccc1. The normalized spacial score (nSPS) is 27.8. The maximum Gasteiger partial charge on any atom is 0.0476 e. The van der Waals surface area contributed by atoms with E-state index in [4.69, 9.17) is 0 Å². The zero-order chi connectivity index (χ0) is 14.9. The molecule has 1 aromatic rings. The van der Waals surface area contributed by atoms with Crippen LogP contribution < -0.4 is 0 Å². The van der Waals surface area contributed by atoms with Gasteiger partial charge in [-0.3, -0.25) is 9.80 Å². The molecule has 0 amide bonds. The second-order valence-electron chi connectivity index (χ2n) is 7.66. The zero-order valence-electron chi connectivity index (χ0n) is 13.9. The molecule has 0 aromatic heterocycles. The summed E-state index contributed by atoms with van der Waals surface area (Å²) in [6.07, 6.45) is 4.03. The summed E-state index contributed by atoms with van der Waals surface area (Å²) in [5, 5.41) is 0. The molecule has 0 radical (unpaired) electrons. The minimum atomic E-state index is 0.411. The molecular formula is C19H30N2. The van der Waals surface area contributed by atoms with Gasteiger partial charge in [-0.25, -0.2) is 0 Å². The molecular weight excluding hydrogens is 256 g/mol. The summed E-state index contributed by atoms with van der Waals surface area (Å²) in [5.41, 5.74) is 1.91. The Morgan fingerprint density at radius 2 is 1.90 bits per heavy atom. The molecule has 0 bridgehead atoms. The third kappa shape index (κ3) is 3.32. The molecule has 2 unspecified atom stereocenters. The highest BCUT2D eigenvalue weighted by Crippen LogP contribution is 2.35. The highest BCUT2D eigenvalue weighted by atomic mass is 15.3. The van der Waals surface area contributed by atoms with Gasteiger partial charge < -0.3 is 0 Å². The van der Waals surface area contributed by atoms with Crippen molar-refractivity contribution in [2.24, 2.45) is 5.41 Å². The van der Waals surface area contributed by atoms with E-state index in [0.717, 1.165) is 6.04 Å². The first-order chi connectivity index (χ1) is 10.1. The van der Waals surface area contributed by atoms with Crippen molar-refractivity contribution in [2.45, 2.75) is 52.1 Å². The Hall–Kier alpha value is -0.860. The molecule has 0 aliphatic carbocycles. The van der Waals surface area contributed by atoms with E-state index >= 15 is 0 Å². The van der Waals surface area contributed by atoms with Gasteiger partial charge in [-0.2, -0.15) is 0 Å². The summed E-state index contributed by atoms with van der Waals surface area (Å²) >= 11 is 0. The average Bonchev–Trinajstić information content (AvgIpc) is 2.94. The van der Waals surface area contributed by atoms with Crippen molar-refractivity contribution in [3.63, 3.8) is 0 Å². The van der Waals surface area contributed by atoms with Crippen molar-refractivity contribution in [1.29, 1.82) is 0 Å². The lowest BCUT2D eigenvalue weighted by molar-refractivity contribution is 0.0242. The van der Waals surface area contributed by atoms with Crippen LogP contribution in [0, 0.1) is 5.41 Å². The summed E-state index contributed by atoms with van der Waals surface area (Å²) in [5.74, 6) is 0. The van der Waals surface area contributed by atoms with Gasteiger partial charge in [0.15, 0.2) is 0 Å². The number of nitrogens with zero attached hydrogens (tertiary/aromatic N) is 2. The summed E-state index contributed by atoms with van der Waals surface area (Å²) < 4.78 is 0. The van der Waals surface area contributed by atoms with Gasteiger partial charge in [-0.1, -0.05) is 51.1 Å². The lowest BCUT2D eigenvalue weighted by Crippen LogP contribution is -2.53. The summed E-state index contributed by atoms with van der Waals surface area (Å²) in [7, 11) is 0. The second-order valence-corrected chi connectivity index (χ2v) is 7.66. The molecule has 2 fully saturated rings. The van der Waals surface area contributed by atoms with Gasteiger partial charge in [0.2, 0.25) is 0 Å². The Bertz CT molecular complexity index is 454. The predicted octanol–water partition coefficient (Wildman–Crippen LogP) is 3.94. The van der Waals surface area contributed by atoms with Crippen LogP contribution in [0.15, 0.2) is 30.3 Å². The highest BCUT2D eigenvalue weighted by Gasteiger charge is 2.38. The van der Waals surface area contributed by atoms with E-state index in [2.05, 4.69) is 60.9 Å². The maximum atomic E-state index is 2.77. The van der Waals surface area contributed by atoms with Crippen molar-refractivity contribution in [3.05, 3.63) is 35.9 Å². The smallest absolute Gasteiger partial charge is 0.0476 e. The van der Waals surface area contributed by atoms with Crippen LogP contribution in [0.5, 0.6) is 0 Å². The standard InChI is InChI=1S/C19H30N2/c1-4-19(2,3)15-21-13-17-11-8-12-20(17)14-18(21)16-9-6-5-7-10-16/h5-7,9-10,17-18H,4,8,11-15H2,1-3H3. The first-order valence-corrected chi connectivity index (χ1v) is 8.62. The number of piperazine rings is 1. The molecule has 2 heteroatoms. The van der Waals surface area contributed by atoms with Crippen LogP contribution in [0.1, 0.15) is 51.6 Å². The number of rotatable bonds is 4. The van der Waals surface area contributed by atoms with Gasteiger partial charge in [0, 0.05) is 31.7 Å². The Morgan fingerprint density at radius 1 is 1.14 bits per heavy atom. The van der Waals surface area contributed by atoms with Crippen LogP contribution in [-0.4, -0.2) is 42.0 Å². The Labute approximate surface area is 130 Å². The van der Waals surface area contributed by atoms with Crippen molar-refractivity contribution in [1.82, 2.24) is 9.80 Å². The van der Waals surface area contributed by atoms with E-state index < -0.39 is 0 Å². The van der Waals surface area contributed by atoms with Crippen molar-refractivity contribution < 1.29 is 0 Å². The Kier molecular flexibility index (Phi) is 4.37. The number of fused-ring (bicyclic) bond motifs is 1. The van der Waals surface area contributed by atoms with Crippen LogP contribution >= 0.6 is 0 Å². The topological polar surface area (TPSA) is 6.48 Å². The molecule has 2 nitrogen and oxygen atoms in total. The molecule has 2 atom stereocenters. The third-order valence-electron chi connectivity index (χ3n) is 5.57. The van der Waals surface area contributed by atoms with Crippen LogP contribution in [0.3, 0.4) is 0 Å². The first-order valence-electron chi connectivity index (χ1n) is 8.62. The largest absolute Gasteiger partial charge is 0.297 e. The average molecular weight is 286 g/mol. The van der Waals surface area contributed by atoms with Crippen LogP contribution in [-0.2, 0) is 0 Å². The summed E-state index contributed by atoms with van der Waals surface area (Å²) in [6, 6.07) is 12.5. The van der Waals surface area contributed by atoms with Crippen molar-refractivity contribution >= 4 is 0 Å². The molecule has 3 rings (SSSR count). The van der Waals surface area contributed by atoms with E-state index in [0.29, 0.717) is 11.5 Å². The molecule has 1 aromatic carbocycles. The molecule has 0 spiro atoms. The van der Waals surface area contributed by atoms with Crippen molar-refractivity contribution in [3.8, 4) is 0 Å². The molecule has 2 saturated heterocycles. The number of benzene rings is 1. The lowest BCUT2D eigenvalue weighted by atomic mass is 9.87. The van der Waals surface area contributed by atoms with Gasteiger partial charge in [0.05, 0.1) is 0 Å². The van der Waals surface area contributed by atoms with E-state index in [9.17, 15) is 0 Å². The summed E-state index contributed by atoms with van der Waals surface area (Å²) in [6.45, 7) is 12.1. The molecule has 0 saturated carbocycles. The Balaban J connectivity index is 1.82. The molecule has 0 N–H and O–H groups in total. The lowest BCUT2D eigenvalue weighted by Gasteiger charge is -2.46. The highest BCUT2D eigenvalue weighted by molar-refractivity contribution is 5.21. The van der Waals surface area contributed by atoms with Crippen LogP contribution in [0.4, 0.5) is 0 Å². The van der Waals surface area contributed by atoms with E-state index in [1.165, 1.54) is 51.0 Å². The molecule has 2 aliphatic rings. The minimum Gasteiger partial charge on any atom is -0.297 e. The molecule has 2 aliphatic heterocycles. The van der Waals surface area contributed by atoms with Crippen molar-refractivity contribution in [2.75, 3.05) is 26.2 Å². The van der Waals surface area contributed by atoms with Gasteiger partial charge in [-0.15, -0.1) is 0 Å². The van der Waals surface area contributed by atoms with Gasteiger partial charge >= 0.3 is 0 Å². The van der Waals surface area contributed by atoms with E-state index in [-0.39, 0.29) is 0 Å². The monoisotopic (exact) mass is 286 g/mol. The summed E-state index contributed by atoms with van der Waals surface area (Å²) in [4.78, 5) is 5.50. The zero-order valence-corrected chi connectivity index (χ0v) is 13.9. The first kappa shape index (κ1) is 15.1. The molecule has 21 heavy (non-hydrogen) atoms. The number of hydrogen-bond donors (Lipinski definition) is 0. The fourth-order valence-electron chi connectivity index (χ4n) is 3.91. The predicted molar refractivity (Wildman–Crippen MR) is 89.4 cm³/mol. The van der Waals surface area contributed by atoms with Crippen LogP contribution in [0.2, 0.25) is 0 Å². The van der Waals surface area contributed by atoms with Gasteiger partial charge in [-0.05, 0) is 36.8 Å². The Morgan fingerprint density at radius 3 is 2.62 bits per heavy atom. The minimum absolute atomic E-state index is 0.411. The molecule has 116 valence electrons. The van der Waals surface area contributed by atoms with Gasteiger partial charge in [0.25, 0.3) is 0 Å².